The molecular weight excluding hydrogens is 336 g/mol. The summed E-state index contributed by atoms with van der Waals surface area (Å²) >= 11 is 1.13. The van der Waals surface area contributed by atoms with Crippen molar-refractivity contribution in [2.45, 2.75) is 37.9 Å². The average molecular weight is 358 g/mol. The first-order chi connectivity index (χ1) is 12.0. The van der Waals surface area contributed by atoms with Crippen LogP contribution in [0.2, 0.25) is 0 Å². The van der Waals surface area contributed by atoms with Gasteiger partial charge in [0.05, 0.1) is 16.7 Å². The molecule has 0 bridgehead atoms. The Morgan fingerprint density at radius 1 is 1.32 bits per heavy atom. The zero-order valence-corrected chi connectivity index (χ0v) is 15.2. The number of hydrogen-bond donors (Lipinski definition) is 3. The van der Waals surface area contributed by atoms with Crippen molar-refractivity contribution in [2.75, 3.05) is 6.54 Å². The first-order valence-electron chi connectivity index (χ1n) is 8.19. The second-order valence-corrected chi connectivity index (χ2v) is 7.10. The van der Waals surface area contributed by atoms with E-state index in [2.05, 4.69) is 16.7 Å². The van der Waals surface area contributed by atoms with Crippen molar-refractivity contribution in [1.82, 2.24) is 10.6 Å². The van der Waals surface area contributed by atoms with Crippen molar-refractivity contribution >= 4 is 23.7 Å². The molecule has 1 aromatic carbocycles. The number of benzene rings is 1. The van der Waals surface area contributed by atoms with Gasteiger partial charge in [-0.1, -0.05) is 54.9 Å². The number of amides is 3. The normalized spacial score (nSPS) is 19.4. The fourth-order valence-corrected chi connectivity index (χ4v) is 3.79. The van der Waals surface area contributed by atoms with Crippen LogP contribution in [0, 0.1) is 18.3 Å². The largest absolute Gasteiger partial charge is 0.393 e. The Balaban J connectivity index is 2.16. The van der Waals surface area contributed by atoms with E-state index in [-0.39, 0.29) is 0 Å². The van der Waals surface area contributed by atoms with Gasteiger partial charge in [-0.2, -0.15) is 5.26 Å². The summed E-state index contributed by atoms with van der Waals surface area (Å²) in [5.74, 6) is -0.906. The van der Waals surface area contributed by atoms with Crippen molar-refractivity contribution in [3.8, 4) is 6.07 Å². The molecule has 0 aromatic heterocycles. The number of urea groups is 1. The molecule has 0 aliphatic carbocycles. The number of carbonyl (C=O) groups is 2. The fourth-order valence-electron chi connectivity index (χ4n) is 2.62. The van der Waals surface area contributed by atoms with Gasteiger partial charge in [0, 0.05) is 12.5 Å². The van der Waals surface area contributed by atoms with E-state index < -0.39 is 23.1 Å². The molecule has 0 fully saturated rings. The molecule has 0 radical (unpaired) electrons. The third-order valence-electron chi connectivity index (χ3n) is 4.00. The van der Waals surface area contributed by atoms with E-state index in [0.717, 1.165) is 35.7 Å². The van der Waals surface area contributed by atoms with Gasteiger partial charge < -0.3 is 11.1 Å². The summed E-state index contributed by atoms with van der Waals surface area (Å²) in [6.07, 6.45) is 1.80. The molecule has 1 aromatic rings. The van der Waals surface area contributed by atoms with E-state index in [4.69, 9.17) is 5.73 Å². The highest BCUT2D eigenvalue weighted by Gasteiger charge is 2.41. The van der Waals surface area contributed by atoms with Gasteiger partial charge in [0.25, 0.3) is 0 Å². The van der Waals surface area contributed by atoms with Crippen LogP contribution in [0.25, 0.3) is 0 Å². The van der Waals surface area contributed by atoms with Gasteiger partial charge in [-0.05, 0) is 18.9 Å². The van der Waals surface area contributed by atoms with Crippen molar-refractivity contribution in [3.63, 3.8) is 0 Å². The Morgan fingerprint density at radius 2 is 2.00 bits per heavy atom. The van der Waals surface area contributed by atoms with Crippen molar-refractivity contribution < 1.29 is 9.59 Å². The number of imide groups is 1. The maximum Gasteiger partial charge on any atom is 0.321 e. The molecule has 2 atom stereocenters. The summed E-state index contributed by atoms with van der Waals surface area (Å²) in [5, 5.41) is 14.1. The Morgan fingerprint density at radius 3 is 2.60 bits per heavy atom. The second kappa shape index (κ2) is 8.58. The first kappa shape index (κ1) is 18.9. The summed E-state index contributed by atoms with van der Waals surface area (Å²) in [5.41, 5.74) is 8.24. The minimum absolute atomic E-state index is 0.333. The van der Waals surface area contributed by atoms with Crippen molar-refractivity contribution in [2.24, 2.45) is 5.73 Å². The molecule has 1 heterocycles. The quantitative estimate of drug-likeness (QED) is 0.701. The summed E-state index contributed by atoms with van der Waals surface area (Å²) in [6.45, 7) is 4.50. The number of rotatable bonds is 5. The Bertz CT molecular complexity index is 722. The number of nitriles is 1. The highest BCUT2D eigenvalue weighted by Crippen LogP contribution is 2.45. The Labute approximate surface area is 151 Å². The SMILES string of the molecule is CCCCNC(=O)NC(=O)C1SC(N)=C(C#N)C1c1ccc(C)cc1. The highest BCUT2D eigenvalue weighted by atomic mass is 32.2. The molecule has 1 aliphatic rings. The van der Waals surface area contributed by atoms with Crippen molar-refractivity contribution in [1.29, 1.82) is 5.26 Å². The van der Waals surface area contributed by atoms with E-state index in [0.29, 0.717) is 17.1 Å². The molecule has 3 amide bonds. The van der Waals surface area contributed by atoms with E-state index >= 15 is 0 Å². The number of carbonyl (C=O) groups excluding carboxylic acids is 2. The molecule has 2 rings (SSSR count). The predicted octanol–water partition coefficient (Wildman–Crippen LogP) is 2.51. The molecule has 0 saturated carbocycles. The van der Waals surface area contributed by atoms with Gasteiger partial charge in [-0.15, -0.1) is 0 Å². The van der Waals surface area contributed by atoms with Crippen LogP contribution >= 0.6 is 11.8 Å². The highest BCUT2D eigenvalue weighted by molar-refractivity contribution is 8.04. The Hall–Kier alpha value is -2.46. The average Bonchev–Trinajstić information content (AvgIpc) is 2.92. The smallest absolute Gasteiger partial charge is 0.321 e. The summed E-state index contributed by atoms with van der Waals surface area (Å²) in [7, 11) is 0. The van der Waals surface area contributed by atoms with Gasteiger partial charge in [-0.3, -0.25) is 10.1 Å². The zero-order chi connectivity index (χ0) is 18.4. The van der Waals surface area contributed by atoms with Gasteiger partial charge in [0.1, 0.15) is 5.25 Å². The summed E-state index contributed by atoms with van der Waals surface area (Å²) in [6, 6.07) is 9.21. The number of hydrogen-bond acceptors (Lipinski definition) is 5. The molecule has 0 spiro atoms. The number of nitrogens with zero attached hydrogens (tertiary/aromatic N) is 1. The number of thioether (sulfide) groups is 1. The molecular formula is C18H22N4O2S. The van der Waals surface area contributed by atoms with Crippen LogP contribution in [0.1, 0.15) is 36.8 Å². The fraction of sp³-hybridized carbons (Fsp3) is 0.389. The lowest BCUT2D eigenvalue weighted by atomic mass is 9.88. The lowest BCUT2D eigenvalue weighted by Crippen LogP contribution is -2.44. The summed E-state index contributed by atoms with van der Waals surface area (Å²) in [4.78, 5) is 24.4. The monoisotopic (exact) mass is 358 g/mol. The minimum atomic E-state index is -0.644. The molecule has 6 nitrogen and oxygen atoms in total. The molecule has 1 aliphatic heterocycles. The van der Waals surface area contributed by atoms with E-state index in [1.165, 1.54) is 0 Å². The van der Waals surface area contributed by atoms with E-state index in [1.807, 2.05) is 38.1 Å². The molecule has 132 valence electrons. The van der Waals surface area contributed by atoms with Crippen LogP contribution in [0.4, 0.5) is 4.79 Å². The summed E-state index contributed by atoms with van der Waals surface area (Å²) < 4.78 is 0. The number of aryl methyl sites for hydroxylation is 1. The van der Waals surface area contributed by atoms with Gasteiger partial charge in [-0.25, -0.2) is 4.79 Å². The first-order valence-corrected chi connectivity index (χ1v) is 9.07. The maximum absolute atomic E-state index is 12.6. The second-order valence-electron chi connectivity index (χ2n) is 5.92. The Kier molecular flexibility index (Phi) is 6.48. The minimum Gasteiger partial charge on any atom is -0.393 e. The predicted molar refractivity (Wildman–Crippen MR) is 98.6 cm³/mol. The third-order valence-corrected chi connectivity index (χ3v) is 5.22. The van der Waals surface area contributed by atoms with Crippen LogP contribution in [0.15, 0.2) is 34.9 Å². The lowest BCUT2D eigenvalue weighted by Gasteiger charge is -2.19. The van der Waals surface area contributed by atoms with Crippen LogP contribution in [-0.2, 0) is 4.79 Å². The van der Waals surface area contributed by atoms with Crippen molar-refractivity contribution in [3.05, 3.63) is 46.0 Å². The zero-order valence-electron chi connectivity index (χ0n) is 14.3. The van der Waals surface area contributed by atoms with Gasteiger partial charge in [0.2, 0.25) is 5.91 Å². The number of unbranched alkanes of at least 4 members (excludes halogenated alkanes) is 1. The van der Waals surface area contributed by atoms with Gasteiger partial charge >= 0.3 is 6.03 Å². The van der Waals surface area contributed by atoms with E-state index in [1.54, 1.807) is 0 Å². The van der Waals surface area contributed by atoms with Crippen LogP contribution < -0.4 is 16.4 Å². The standard InChI is InChI=1S/C18H22N4O2S/c1-3-4-9-21-18(24)22-17(23)15-14(13(10-19)16(20)25-15)12-7-5-11(2)6-8-12/h5-8,14-15H,3-4,9,20H2,1-2H3,(H2,21,22,23,24). The molecule has 4 N–H and O–H groups in total. The molecule has 0 saturated heterocycles. The number of nitrogens with one attached hydrogen (secondary N) is 2. The third kappa shape index (κ3) is 4.54. The van der Waals surface area contributed by atoms with E-state index in [9.17, 15) is 14.9 Å². The topological polar surface area (TPSA) is 108 Å². The molecule has 2 unspecified atom stereocenters. The molecule has 25 heavy (non-hydrogen) atoms. The van der Waals surface area contributed by atoms with Crippen LogP contribution in [0.5, 0.6) is 0 Å². The maximum atomic E-state index is 12.6. The number of allylic oxidation sites excluding steroid dienone is 1. The molecule has 7 heteroatoms. The number of nitrogens with two attached hydrogens (primary N) is 1. The van der Waals surface area contributed by atoms with Crippen LogP contribution in [0.3, 0.4) is 0 Å². The lowest BCUT2D eigenvalue weighted by molar-refractivity contribution is -0.119. The van der Waals surface area contributed by atoms with Gasteiger partial charge in [0.15, 0.2) is 0 Å². The van der Waals surface area contributed by atoms with Crippen LogP contribution in [-0.4, -0.2) is 23.7 Å².